The second-order valence-corrected chi connectivity index (χ2v) is 7.68. The van der Waals surface area contributed by atoms with Crippen LogP contribution in [0.15, 0.2) is 63.2 Å². The van der Waals surface area contributed by atoms with E-state index < -0.39 is 23.2 Å². The molecule has 0 fully saturated rings. The molecule has 4 rings (SSSR count). The zero-order valence-corrected chi connectivity index (χ0v) is 18.5. The molecule has 2 heterocycles. The van der Waals surface area contributed by atoms with Crippen LogP contribution in [-0.4, -0.2) is 37.9 Å². The van der Waals surface area contributed by atoms with E-state index >= 15 is 0 Å². The van der Waals surface area contributed by atoms with E-state index in [4.69, 9.17) is 4.74 Å². The van der Waals surface area contributed by atoms with Crippen molar-refractivity contribution in [1.82, 2.24) is 14.6 Å². The van der Waals surface area contributed by atoms with Gasteiger partial charge >= 0.3 is 5.69 Å². The summed E-state index contributed by atoms with van der Waals surface area (Å²) < 4.78 is 6.76. The number of aromatic amines is 1. The fourth-order valence-electron chi connectivity index (χ4n) is 4.06. The third-order valence-corrected chi connectivity index (χ3v) is 5.54. The Balaban J connectivity index is 1.85. The zero-order valence-electron chi connectivity index (χ0n) is 18.5. The van der Waals surface area contributed by atoms with Gasteiger partial charge in [-0.3, -0.25) is 14.6 Å². The van der Waals surface area contributed by atoms with Gasteiger partial charge in [0.05, 0.1) is 24.0 Å². The molecule has 0 aliphatic carbocycles. The van der Waals surface area contributed by atoms with Crippen LogP contribution in [0.1, 0.15) is 43.0 Å². The van der Waals surface area contributed by atoms with Crippen molar-refractivity contribution in [2.45, 2.75) is 33.2 Å². The highest BCUT2D eigenvalue weighted by atomic mass is 16.5. The Morgan fingerprint density at radius 1 is 1.18 bits per heavy atom. The number of carbonyl (C=O) groups is 1. The SMILES string of the molecule is CCOc1ccccc1[C@@H]1CC(c2c(O)n(-c3ccccc3C)c(=O)[nH]c2=O)=NN1C(C)=O. The molecule has 9 nitrogen and oxygen atoms in total. The molecular formula is C24H24N4O5. The molecule has 0 unspecified atom stereocenters. The van der Waals surface area contributed by atoms with Crippen molar-refractivity contribution in [2.24, 2.45) is 5.10 Å². The first-order chi connectivity index (χ1) is 15.8. The van der Waals surface area contributed by atoms with E-state index in [0.29, 0.717) is 18.0 Å². The number of ether oxygens (including phenoxy) is 1. The number of H-pyrrole nitrogens is 1. The van der Waals surface area contributed by atoms with Crippen molar-refractivity contribution < 1.29 is 14.6 Å². The fourth-order valence-corrected chi connectivity index (χ4v) is 4.06. The Kier molecular flexibility index (Phi) is 5.87. The number of carbonyl (C=O) groups excluding carboxylic acids is 1. The first-order valence-electron chi connectivity index (χ1n) is 10.6. The summed E-state index contributed by atoms with van der Waals surface area (Å²) in [5.74, 6) is -0.251. The smallest absolute Gasteiger partial charge is 0.335 e. The van der Waals surface area contributed by atoms with Gasteiger partial charge in [0, 0.05) is 18.9 Å². The lowest BCUT2D eigenvalue weighted by Crippen LogP contribution is -2.33. The topological polar surface area (TPSA) is 117 Å². The van der Waals surface area contributed by atoms with Crippen molar-refractivity contribution in [3.05, 3.63) is 86.1 Å². The highest BCUT2D eigenvalue weighted by Crippen LogP contribution is 2.38. The molecule has 0 saturated heterocycles. The Morgan fingerprint density at radius 2 is 1.88 bits per heavy atom. The molecule has 2 N–H and O–H groups in total. The van der Waals surface area contributed by atoms with Gasteiger partial charge in [-0.05, 0) is 31.5 Å². The van der Waals surface area contributed by atoms with E-state index in [1.165, 1.54) is 11.9 Å². The maximum absolute atomic E-state index is 12.8. The summed E-state index contributed by atoms with van der Waals surface area (Å²) in [6.07, 6.45) is 0.159. The van der Waals surface area contributed by atoms with E-state index in [9.17, 15) is 19.5 Å². The molecule has 1 amide bonds. The number of hydrogen-bond acceptors (Lipinski definition) is 6. The Hall–Kier alpha value is -4.14. The molecule has 9 heteroatoms. The number of hydrazone groups is 1. The van der Waals surface area contributed by atoms with Crippen molar-refractivity contribution in [3.63, 3.8) is 0 Å². The number of hydrogen-bond donors (Lipinski definition) is 2. The highest BCUT2D eigenvalue weighted by molar-refractivity contribution is 6.04. The largest absolute Gasteiger partial charge is 0.494 e. The number of rotatable bonds is 5. The van der Waals surface area contributed by atoms with Crippen LogP contribution in [0, 0.1) is 6.92 Å². The van der Waals surface area contributed by atoms with E-state index in [1.807, 2.05) is 25.1 Å². The molecular weight excluding hydrogens is 424 g/mol. The molecule has 3 aromatic rings. The van der Waals surface area contributed by atoms with Crippen LogP contribution < -0.4 is 16.0 Å². The van der Waals surface area contributed by atoms with Crippen LogP contribution in [0.4, 0.5) is 0 Å². The van der Waals surface area contributed by atoms with Gasteiger partial charge in [0.15, 0.2) is 0 Å². The van der Waals surface area contributed by atoms with Crippen molar-refractivity contribution in [1.29, 1.82) is 0 Å². The summed E-state index contributed by atoms with van der Waals surface area (Å²) in [6.45, 7) is 5.47. The number of benzene rings is 2. The minimum absolute atomic E-state index is 0.152. The van der Waals surface area contributed by atoms with E-state index in [-0.39, 0.29) is 23.6 Å². The maximum Gasteiger partial charge on any atom is 0.335 e. The molecule has 2 aromatic carbocycles. The summed E-state index contributed by atoms with van der Waals surface area (Å²) in [5.41, 5.74) is 0.395. The predicted molar refractivity (Wildman–Crippen MR) is 123 cm³/mol. The van der Waals surface area contributed by atoms with Crippen LogP contribution >= 0.6 is 0 Å². The molecule has 0 spiro atoms. The number of aromatic hydroxyl groups is 1. The summed E-state index contributed by atoms with van der Waals surface area (Å²) in [5, 5.41) is 16.7. The molecule has 0 radical (unpaired) electrons. The molecule has 0 bridgehead atoms. The van der Waals surface area contributed by atoms with Crippen molar-refractivity contribution in [2.75, 3.05) is 6.61 Å². The molecule has 170 valence electrons. The lowest BCUT2D eigenvalue weighted by molar-refractivity contribution is -0.130. The average Bonchev–Trinajstić information content (AvgIpc) is 3.20. The van der Waals surface area contributed by atoms with E-state index in [0.717, 1.165) is 15.7 Å². The van der Waals surface area contributed by atoms with Gasteiger partial charge in [-0.25, -0.2) is 14.4 Å². The number of para-hydroxylation sites is 2. The van der Waals surface area contributed by atoms with Crippen LogP contribution in [0.25, 0.3) is 5.69 Å². The first-order valence-corrected chi connectivity index (χ1v) is 10.6. The van der Waals surface area contributed by atoms with Gasteiger partial charge < -0.3 is 9.84 Å². The second kappa shape index (κ2) is 8.78. The average molecular weight is 448 g/mol. The third-order valence-electron chi connectivity index (χ3n) is 5.54. The van der Waals surface area contributed by atoms with Gasteiger partial charge in [0.25, 0.3) is 5.56 Å². The molecule has 0 saturated carbocycles. The summed E-state index contributed by atoms with van der Waals surface area (Å²) in [6, 6.07) is 13.8. The minimum atomic E-state index is -0.775. The normalized spacial score (nSPS) is 15.4. The Bertz CT molecular complexity index is 1370. The summed E-state index contributed by atoms with van der Waals surface area (Å²) in [4.78, 5) is 40.0. The summed E-state index contributed by atoms with van der Waals surface area (Å²) in [7, 11) is 0. The Labute approximate surface area is 189 Å². The van der Waals surface area contributed by atoms with Gasteiger partial charge in [0.1, 0.15) is 11.3 Å². The minimum Gasteiger partial charge on any atom is -0.494 e. The van der Waals surface area contributed by atoms with Crippen LogP contribution in [0.3, 0.4) is 0 Å². The van der Waals surface area contributed by atoms with Crippen LogP contribution in [-0.2, 0) is 4.79 Å². The maximum atomic E-state index is 12.8. The van der Waals surface area contributed by atoms with Gasteiger partial charge in [-0.2, -0.15) is 5.10 Å². The fraction of sp³-hybridized carbons (Fsp3) is 0.250. The Morgan fingerprint density at radius 3 is 2.58 bits per heavy atom. The lowest BCUT2D eigenvalue weighted by atomic mass is 9.98. The van der Waals surface area contributed by atoms with Gasteiger partial charge in [0.2, 0.25) is 11.8 Å². The first kappa shape index (κ1) is 22.1. The van der Waals surface area contributed by atoms with E-state index in [2.05, 4.69) is 10.1 Å². The predicted octanol–water partition coefficient (Wildman–Crippen LogP) is 2.64. The molecule has 33 heavy (non-hydrogen) atoms. The van der Waals surface area contributed by atoms with Crippen molar-refractivity contribution in [3.8, 4) is 17.3 Å². The number of nitrogens with one attached hydrogen (secondary N) is 1. The number of aromatic nitrogens is 2. The van der Waals surface area contributed by atoms with Gasteiger partial charge in [-0.1, -0.05) is 36.4 Å². The van der Waals surface area contributed by atoms with Crippen LogP contribution in [0.2, 0.25) is 0 Å². The van der Waals surface area contributed by atoms with Gasteiger partial charge in [-0.15, -0.1) is 0 Å². The van der Waals surface area contributed by atoms with E-state index in [1.54, 1.807) is 37.3 Å². The lowest BCUT2D eigenvalue weighted by Gasteiger charge is -2.22. The van der Waals surface area contributed by atoms with Crippen LogP contribution in [0.5, 0.6) is 11.6 Å². The standard InChI is InChI=1S/C24H24N4O5/c1-4-33-20-12-8-6-10-16(20)19-13-17(26-28(19)15(3)29)21-22(30)25-24(32)27(23(21)31)18-11-7-5-9-14(18)2/h5-12,19,31H,4,13H2,1-3H3,(H,25,30,32)/t19-/m0/s1. The van der Waals surface area contributed by atoms with Crippen molar-refractivity contribution >= 4 is 11.6 Å². The molecule has 1 atom stereocenters. The second-order valence-electron chi connectivity index (χ2n) is 7.68. The molecule has 1 aromatic heterocycles. The summed E-state index contributed by atoms with van der Waals surface area (Å²) >= 11 is 0. The monoisotopic (exact) mass is 448 g/mol. The highest BCUT2D eigenvalue weighted by Gasteiger charge is 2.36. The zero-order chi connectivity index (χ0) is 23.7. The number of amides is 1. The number of nitrogens with zero attached hydrogens (tertiary/aromatic N) is 3. The third kappa shape index (κ3) is 3.93. The quantitative estimate of drug-likeness (QED) is 0.622. The number of aryl methyl sites for hydroxylation is 1. The molecule has 1 aliphatic rings. The molecule has 1 aliphatic heterocycles.